The molecule has 5 heteroatoms. The Kier molecular flexibility index (Phi) is 4.58. The van der Waals surface area contributed by atoms with Gasteiger partial charge in [0, 0.05) is 12.7 Å². The van der Waals surface area contributed by atoms with E-state index in [1.54, 1.807) is 25.3 Å². The fraction of sp³-hybridized carbons (Fsp3) is 0.364. The van der Waals surface area contributed by atoms with Gasteiger partial charge in [0.05, 0.1) is 11.1 Å². The minimum atomic E-state index is -0.0151. The average molecular weight is 243 g/mol. The van der Waals surface area contributed by atoms with Crippen LogP contribution in [-0.2, 0) is 4.74 Å². The van der Waals surface area contributed by atoms with Crippen LogP contribution in [0.25, 0.3) is 0 Å². The van der Waals surface area contributed by atoms with Crippen LogP contribution in [0.5, 0.6) is 5.75 Å². The maximum Gasteiger partial charge on any atom is 0.138 e. The summed E-state index contributed by atoms with van der Waals surface area (Å²) in [6.45, 7) is 2.33. The van der Waals surface area contributed by atoms with Gasteiger partial charge in [-0.3, -0.25) is 5.41 Å². The van der Waals surface area contributed by atoms with Gasteiger partial charge < -0.3 is 15.2 Å². The third-order valence-electron chi connectivity index (χ3n) is 2.12. The van der Waals surface area contributed by atoms with Crippen LogP contribution in [0.4, 0.5) is 0 Å². The quantitative estimate of drug-likeness (QED) is 0.613. The van der Waals surface area contributed by atoms with Crippen molar-refractivity contribution in [3.8, 4) is 5.75 Å². The Bertz CT molecular complexity index is 382. The Balaban J connectivity index is 2.72. The molecule has 1 aromatic carbocycles. The number of nitrogens with two attached hydrogens (primary N) is 1. The van der Waals surface area contributed by atoms with Gasteiger partial charge in [-0.25, -0.2) is 0 Å². The second kappa shape index (κ2) is 5.72. The lowest BCUT2D eigenvalue weighted by molar-refractivity contribution is 0.0717. The van der Waals surface area contributed by atoms with Gasteiger partial charge in [0.25, 0.3) is 0 Å². The first-order chi connectivity index (χ1) is 7.54. The van der Waals surface area contributed by atoms with E-state index in [0.29, 0.717) is 22.9 Å². The summed E-state index contributed by atoms with van der Waals surface area (Å²) in [5.74, 6) is 0.550. The van der Waals surface area contributed by atoms with Crippen molar-refractivity contribution < 1.29 is 9.47 Å². The third kappa shape index (κ3) is 3.40. The minimum Gasteiger partial charge on any atom is -0.489 e. The molecule has 88 valence electrons. The predicted molar refractivity (Wildman–Crippen MR) is 64.4 cm³/mol. The van der Waals surface area contributed by atoms with Gasteiger partial charge >= 0.3 is 0 Å². The number of benzene rings is 1. The Morgan fingerprint density at radius 1 is 1.56 bits per heavy atom. The van der Waals surface area contributed by atoms with E-state index in [0.717, 1.165) is 0 Å². The van der Waals surface area contributed by atoms with Crippen LogP contribution < -0.4 is 10.5 Å². The number of hydrogen-bond acceptors (Lipinski definition) is 3. The number of methoxy groups -OCH3 is 1. The number of halogens is 1. The number of hydrogen-bond donors (Lipinski definition) is 2. The first-order valence-electron chi connectivity index (χ1n) is 4.84. The zero-order chi connectivity index (χ0) is 12.1. The SMILES string of the molecule is COC(C)COc1ccc(C(=N)N)cc1Cl. The summed E-state index contributed by atoms with van der Waals surface area (Å²) in [6.07, 6.45) is 0.00329. The fourth-order valence-electron chi connectivity index (χ4n) is 1.06. The van der Waals surface area contributed by atoms with Gasteiger partial charge in [-0.15, -0.1) is 0 Å². The van der Waals surface area contributed by atoms with Crippen molar-refractivity contribution >= 4 is 17.4 Å². The van der Waals surface area contributed by atoms with Gasteiger partial charge in [0.1, 0.15) is 18.2 Å². The highest BCUT2D eigenvalue weighted by Crippen LogP contribution is 2.25. The van der Waals surface area contributed by atoms with Crippen LogP contribution in [0.3, 0.4) is 0 Å². The topological polar surface area (TPSA) is 68.3 Å². The molecule has 0 aromatic heterocycles. The molecule has 0 aliphatic carbocycles. The number of ether oxygens (including phenoxy) is 2. The molecule has 0 saturated heterocycles. The molecule has 3 N–H and O–H groups in total. The monoisotopic (exact) mass is 242 g/mol. The molecule has 0 saturated carbocycles. The largest absolute Gasteiger partial charge is 0.489 e. The summed E-state index contributed by atoms with van der Waals surface area (Å²) in [6, 6.07) is 5.00. The molecule has 0 fully saturated rings. The second-order valence-electron chi connectivity index (χ2n) is 3.42. The molecular formula is C11H15ClN2O2. The molecule has 0 heterocycles. The van der Waals surface area contributed by atoms with Crippen LogP contribution in [0, 0.1) is 5.41 Å². The molecule has 16 heavy (non-hydrogen) atoms. The molecule has 4 nitrogen and oxygen atoms in total. The average Bonchev–Trinajstić information content (AvgIpc) is 2.26. The number of amidine groups is 1. The molecule has 1 atom stereocenters. The highest BCUT2D eigenvalue weighted by Gasteiger charge is 2.06. The van der Waals surface area contributed by atoms with Crippen LogP contribution in [0.2, 0.25) is 5.02 Å². The number of nitrogen functional groups attached to an aromatic ring is 1. The van der Waals surface area contributed by atoms with E-state index in [9.17, 15) is 0 Å². The zero-order valence-electron chi connectivity index (χ0n) is 9.29. The van der Waals surface area contributed by atoms with Gasteiger partial charge in [0.15, 0.2) is 0 Å². The summed E-state index contributed by atoms with van der Waals surface area (Å²) < 4.78 is 10.5. The molecule has 0 spiro atoms. The van der Waals surface area contributed by atoms with Crippen molar-refractivity contribution in [2.24, 2.45) is 5.73 Å². The molecule has 0 amide bonds. The van der Waals surface area contributed by atoms with E-state index in [-0.39, 0.29) is 11.9 Å². The Morgan fingerprint density at radius 3 is 2.75 bits per heavy atom. The molecule has 0 aliphatic heterocycles. The van der Waals surface area contributed by atoms with Crippen LogP contribution in [0.1, 0.15) is 12.5 Å². The first kappa shape index (κ1) is 12.8. The molecule has 0 radical (unpaired) electrons. The van der Waals surface area contributed by atoms with Gasteiger partial charge in [-0.05, 0) is 25.1 Å². The Labute approximate surface area is 99.8 Å². The predicted octanol–water partition coefficient (Wildman–Crippen LogP) is 2.04. The minimum absolute atomic E-state index is 0.00329. The number of nitrogens with one attached hydrogen (secondary N) is 1. The van der Waals surface area contributed by atoms with Gasteiger partial charge in [-0.1, -0.05) is 11.6 Å². The smallest absolute Gasteiger partial charge is 0.138 e. The second-order valence-corrected chi connectivity index (χ2v) is 3.82. The van der Waals surface area contributed by atoms with Crippen molar-refractivity contribution in [1.82, 2.24) is 0 Å². The first-order valence-corrected chi connectivity index (χ1v) is 5.22. The van der Waals surface area contributed by atoms with Crippen molar-refractivity contribution in [3.05, 3.63) is 28.8 Å². The summed E-state index contributed by atoms with van der Waals surface area (Å²) in [5, 5.41) is 7.70. The summed E-state index contributed by atoms with van der Waals surface area (Å²) in [7, 11) is 1.62. The standard InChI is InChI=1S/C11H15ClN2O2/c1-7(15-2)6-16-10-4-3-8(11(13)14)5-9(10)12/h3-5,7H,6H2,1-2H3,(H3,13,14). The normalized spacial score (nSPS) is 12.2. The summed E-state index contributed by atoms with van der Waals surface area (Å²) >= 11 is 5.98. The van der Waals surface area contributed by atoms with E-state index in [4.69, 9.17) is 32.2 Å². The Hall–Kier alpha value is -1.26. The van der Waals surface area contributed by atoms with Crippen LogP contribution in [-0.4, -0.2) is 25.7 Å². The van der Waals surface area contributed by atoms with Gasteiger partial charge in [-0.2, -0.15) is 0 Å². The number of rotatable bonds is 5. The summed E-state index contributed by atoms with van der Waals surface area (Å²) in [5.41, 5.74) is 5.92. The van der Waals surface area contributed by atoms with E-state index < -0.39 is 0 Å². The highest BCUT2D eigenvalue weighted by molar-refractivity contribution is 6.32. The van der Waals surface area contributed by atoms with Crippen LogP contribution in [0.15, 0.2) is 18.2 Å². The maximum absolute atomic E-state index is 7.26. The fourth-order valence-corrected chi connectivity index (χ4v) is 1.30. The van der Waals surface area contributed by atoms with E-state index >= 15 is 0 Å². The molecule has 0 aliphatic rings. The van der Waals surface area contributed by atoms with Crippen LogP contribution >= 0.6 is 11.6 Å². The maximum atomic E-state index is 7.26. The molecule has 1 rings (SSSR count). The highest BCUT2D eigenvalue weighted by atomic mass is 35.5. The van der Waals surface area contributed by atoms with Crippen molar-refractivity contribution in [2.45, 2.75) is 13.0 Å². The Morgan fingerprint density at radius 2 is 2.25 bits per heavy atom. The molecule has 0 bridgehead atoms. The molecular weight excluding hydrogens is 228 g/mol. The molecule has 1 unspecified atom stereocenters. The van der Waals surface area contributed by atoms with Crippen molar-refractivity contribution in [3.63, 3.8) is 0 Å². The summed E-state index contributed by atoms with van der Waals surface area (Å²) in [4.78, 5) is 0. The lowest BCUT2D eigenvalue weighted by Gasteiger charge is -2.12. The zero-order valence-corrected chi connectivity index (χ0v) is 10.0. The lowest BCUT2D eigenvalue weighted by Crippen LogP contribution is -2.16. The van der Waals surface area contributed by atoms with Gasteiger partial charge in [0.2, 0.25) is 0 Å². The molecule has 1 aromatic rings. The van der Waals surface area contributed by atoms with Crippen molar-refractivity contribution in [2.75, 3.05) is 13.7 Å². The van der Waals surface area contributed by atoms with E-state index in [1.807, 2.05) is 6.92 Å². The van der Waals surface area contributed by atoms with Crippen molar-refractivity contribution in [1.29, 1.82) is 5.41 Å². The van der Waals surface area contributed by atoms with E-state index in [2.05, 4.69) is 0 Å². The lowest BCUT2D eigenvalue weighted by atomic mass is 10.2. The van der Waals surface area contributed by atoms with E-state index in [1.165, 1.54) is 0 Å². The third-order valence-corrected chi connectivity index (χ3v) is 2.41.